The van der Waals surface area contributed by atoms with Crippen molar-refractivity contribution in [1.82, 2.24) is 4.90 Å². The molecule has 2 atom stereocenters. The molecule has 3 aromatic carbocycles. The van der Waals surface area contributed by atoms with Crippen molar-refractivity contribution in [2.75, 3.05) is 11.4 Å². The van der Waals surface area contributed by atoms with E-state index in [4.69, 9.17) is 0 Å². The van der Waals surface area contributed by atoms with Gasteiger partial charge < -0.3 is 5.11 Å². The van der Waals surface area contributed by atoms with Crippen molar-refractivity contribution < 1.29 is 14.7 Å². The van der Waals surface area contributed by atoms with Crippen LogP contribution in [0, 0.1) is 5.92 Å². The van der Waals surface area contributed by atoms with Crippen LogP contribution in [-0.4, -0.2) is 28.5 Å². The summed E-state index contributed by atoms with van der Waals surface area (Å²) in [4.78, 5) is 30.3. The zero-order valence-corrected chi connectivity index (χ0v) is 17.8. The minimum absolute atomic E-state index is 0.143. The number of rotatable bonds is 7. The number of phenolic OH excluding ortho intramolecular Hbond substituents is 1. The maximum Gasteiger partial charge on any atom is 0.331 e. The summed E-state index contributed by atoms with van der Waals surface area (Å²) < 4.78 is 0. The van der Waals surface area contributed by atoms with Crippen LogP contribution in [-0.2, 0) is 11.2 Å². The molecule has 3 aromatic rings. The average Bonchev–Trinajstić information content (AvgIpc) is 3.17. The first-order valence-electron chi connectivity index (χ1n) is 10.7. The summed E-state index contributed by atoms with van der Waals surface area (Å²) in [5.74, 6) is -0.464. The number of para-hydroxylation sites is 1. The number of benzene rings is 3. The van der Waals surface area contributed by atoms with E-state index in [0.717, 1.165) is 16.8 Å². The van der Waals surface area contributed by atoms with Crippen molar-refractivity contribution >= 4 is 17.6 Å². The molecule has 1 N–H and O–H groups in total. The number of phenols is 1. The van der Waals surface area contributed by atoms with Gasteiger partial charge >= 0.3 is 6.03 Å². The maximum atomic E-state index is 13.8. The van der Waals surface area contributed by atoms with Gasteiger partial charge in [-0.15, -0.1) is 6.58 Å². The molecule has 0 aliphatic carbocycles. The van der Waals surface area contributed by atoms with E-state index >= 15 is 0 Å². The first-order chi connectivity index (χ1) is 15.6. The van der Waals surface area contributed by atoms with Crippen LogP contribution in [0.1, 0.15) is 23.6 Å². The summed E-state index contributed by atoms with van der Waals surface area (Å²) in [7, 11) is 0. The molecule has 0 saturated carbocycles. The minimum Gasteiger partial charge on any atom is -0.508 e. The molecule has 5 heteroatoms. The normalized spacial score (nSPS) is 16.8. The lowest BCUT2D eigenvalue weighted by Gasteiger charge is -2.26. The van der Waals surface area contributed by atoms with Crippen molar-refractivity contribution in [3.63, 3.8) is 0 Å². The molecule has 1 heterocycles. The SMILES string of the molecule is C=CC[C@@H](Cc1ccccc1)C(=O)N1C(=O)N(c2ccccc2)C[C@@H]1c1ccc(O)cc1. The summed E-state index contributed by atoms with van der Waals surface area (Å²) in [6.07, 6.45) is 2.74. The maximum absolute atomic E-state index is 13.8. The van der Waals surface area contributed by atoms with Crippen LogP contribution in [0.4, 0.5) is 10.5 Å². The second-order valence-corrected chi connectivity index (χ2v) is 7.96. The predicted octanol–water partition coefficient (Wildman–Crippen LogP) is 5.34. The van der Waals surface area contributed by atoms with Crippen LogP contribution in [0.5, 0.6) is 5.75 Å². The van der Waals surface area contributed by atoms with Gasteiger partial charge in [0.05, 0.1) is 12.6 Å². The van der Waals surface area contributed by atoms with Gasteiger partial charge in [-0.1, -0.05) is 66.7 Å². The number of carbonyl (C=O) groups excluding carboxylic acids is 2. The quantitative estimate of drug-likeness (QED) is 0.519. The lowest BCUT2D eigenvalue weighted by molar-refractivity contribution is -0.133. The largest absolute Gasteiger partial charge is 0.508 e. The third-order valence-electron chi connectivity index (χ3n) is 5.81. The summed E-state index contributed by atoms with van der Waals surface area (Å²) in [6.45, 7) is 4.18. The molecule has 0 spiro atoms. The molecule has 5 nitrogen and oxygen atoms in total. The fourth-order valence-corrected chi connectivity index (χ4v) is 4.19. The third-order valence-corrected chi connectivity index (χ3v) is 5.81. The van der Waals surface area contributed by atoms with Crippen molar-refractivity contribution in [2.24, 2.45) is 5.92 Å². The Hall–Kier alpha value is -3.86. The number of hydrogen-bond acceptors (Lipinski definition) is 3. The van der Waals surface area contributed by atoms with Crippen LogP contribution in [0.3, 0.4) is 0 Å². The van der Waals surface area contributed by atoms with Crippen molar-refractivity contribution in [3.05, 3.63) is 109 Å². The van der Waals surface area contributed by atoms with Crippen molar-refractivity contribution in [1.29, 1.82) is 0 Å². The van der Waals surface area contributed by atoms with Gasteiger partial charge in [-0.05, 0) is 48.2 Å². The molecular formula is C27H26N2O3. The molecule has 1 saturated heterocycles. The summed E-state index contributed by atoms with van der Waals surface area (Å²) in [5.41, 5.74) is 2.60. The molecular weight excluding hydrogens is 400 g/mol. The Labute approximate surface area is 188 Å². The van der Waals surface area contributed by atoms with Gasteiger partial charge in [-0.25, -0.2) is 4.79 Å². The van der Waals surface area contributed by atoms with Crippen LogP contribution in [0.2, 0.25) is 0 Å². The van der Waals surface area contributed by atoms with E-state index < -0.39 is 12.0 Å². The van der Waals surface area contributed by atoms with Gasteiger partial charge in [0.2, 0.25) is 5.91 Å². The number of urea groups is 1. The molecule has 0 radical (unpaired) electrons. The highest BCUT2D eigenvalue weighted by Gasteiger charge is 2.44. The molecule has 0 aromatic heterocycles. The van der Waals surface area contributed by atoms with E-state index in [1.807, 2.05) is 60.7 Å². The Balaban J connectivity index is 1.69. The highest BCUT2D eigenvalue weighted by atomic mass is 16.3. The Morgan fingerprint density at radius 1 is 1.00 bits per heavy atom. The van der Waals surface area contributed by atoms with Crippen LogP contribution in [0.25, 0.3) is 0 Å². The number of nitrogens with zero attached hydrogens (tertiary/aromatic N) is 2. The fourth-order valence-electron chi connectivity index (χ4n) is 4.19. The predicted molar refractivity (Wildman–Crippen MR) is 125 cm³/mol. The Kier molecular flexibility index (Phi) is 6.36. The second-order valence-electron chi connectivity index (χ2n) is 7.96. The summed E-state index contributed by atoms with van der Waals surface area (Å²) in [6, 6.07) is 25.1. The number of carbonyl (C=O) groups is 2. The third kappa shape index (κ3) is 4.42. The van der Waals surface area contributed by atoms with Gasteiger partial charge in [-0.3, -0.25) is 14.6 Å². The monoisotopic (exact) mass is 426 g/mol. The van der Waals surface area contributed by atoms with Gasteiger partial charge in [-0.2, -0.15) is 0 Å². The molecule has 1 aliphatic rings. The molecule has 4 rings (SSSR count). The van der Waals surface area contributed by atoms with E-state index in [2.05, 4.69) is 6.58 Å². The molecule has 162 valence electrons. The van der Waals surface area contributed by atoms with Crippen LogP contribution in [0.15, 0.2) is 97.6 Å². The zero-order valence-electron chi connectivity index (χ0n) is 17.8. The number of aromatic hydroxyl groups is 1. The van der Waals surface area contributed by atoms with E-state index in [1.54, 1.807) is 35.2 Å². The second kappa shape index (κ2) is 9.52. The highest BCUT2D eigenvalue weighted by molar-refractivity contribution is 6.06. The van der Waals surface area contributed by atoms with Gasteiger partial charge in [0.25, 0.3) is 0 Å². The average molecular weight is 427 g/mol. The van der Waals surface area contributed by atoms with Crippen molar-refractivity contribution in [2.45, 2.75) is 18.9 Å². The van der Waals surface area contributed by atoms with Crippen molar-refractivity contribution in [3.8, 4) is 5.75 Å². The van der Waals surface area contributed by atoms with E-state index in [9.17, 15) is 14.7 Å². The lowest BCUT2D eigenvalue weighted by Crippen LogP contribution is -2.41. The Bertz CT molecular complexity index is 1080. The Morgan fingerprint density at radius 3 is 2.25 bits per heavy atom. The van der Waals surface area contributed by atoms with E-state index in [1.165, 1.54) is 4.90 Å². The van der Waals surface area contributed by atoms with E-state index in [-0.39, 0.29) is 17.7 Å². The smallest absolute Gasteiger partial charge is 0.331 e. The first-order valence-corrected chi connectivity index (χ1v) is 10.7. The number of anilines is 1. The molecule has 32 heavy (non-hydrogen) atoms. The van der Waals surface area contributed by atoms with Gasteiger partial charge in [0, 0.05) is 11.6 Å². The number of hydrogen-bond donors (Lipinski definition) is 1. The zero-order chi connectivity index (χ0) is 22.5. The molecule has 3 amide bonds. The number of imide groups is 1. The van der Waals surface area contributed by atoms with Gasteiger partial charge in [0.1, 0.15) is 5.75 Å². The fraction of sp³-hybridized carbons (Fsp3) is 0.185. The standard InChI is InChI=1S/C27H26N2O3/c1-2-9-22(18-20-10-5-3-6-11-20)26(31)29-25(21-14-16-24(30)17-15-21)19-28(27(29)32)23-12-7-4-8-13-23/h2-8,10-17,22,25,30H,1,9,18-19H2/t22-,25+/m0/s1. The van der Waals surface area contributed by atoms with E-state index in [0.29, 0.717) is 19.4 Å². The molecule has 1 aliphatic heterocycles. The summed E-state index contributed by atoms with van der Waals surface area (Å²) >= 11 is 0. The van der Waals surface area contributed by atoms with Crippen LogP contribution >= 0.6 is 0 Å². The first kappa shape index (κ1) is 21.4. The van der Waals surface area contributed by atoms with Gasteiger partial charge in [0.15, 0.2) is 0 Å². The highest BCUT2D eigenvalue weighted by Crippen LogP contribution is 2.35. The summed E-state index contributed by atoms with van der Waals surface area (Å²) in [5, 5.41) is 9.71. The van der Waals surface area contributed by atoms with Crippen LogP contribution < -0.4 is 4.90 Å². The molecule has 1 fully saturated rings. The molecule has 0 unspecified atom stereocenters. The minimum atomic E-state index is -0.445. The number of allylic oxidation sites excluding steroid dienone is 1. The topological polar surface area (TPSA) is 60.9 Å². The molecule has 0 bridgehead atoms. The lowest BCUT2D eigenvalue weighted by atomic mass is 9.94. The Morgan fingerprint density at radius 2 is 1.62 bits per heavy atom. The number of amides is 3.